The Bertz CT molecular complexity index is 763. The van der Waals surface area contributed by atoms with Gasteiger partial charge in [0.2, 0.25) is 11.8 Å². The van der Waals surface area contributed by atoms with Crippen molar-refractivity contribution >= 4 is 21.7 Å². The van der Waals surface area contributed by atoms with E-state index in [2.05, 4.69) is 0 Å². The molecule has 0 aliphatic carbocycles. The summed E-state index contributed by atoms with van der Waals surface area (Å²) < 4.78 is 23.6. The molecule has 26 heavy (non-hydrogen) atoms. The molecule has 2 unspecified atom stereocenters. The zero-order chi connectivity index (χ0) is 18.7. The normalized spacial score (nSPS) is 24.8. The van der Waals surface area contributed by atoms with Crippen LogP contribution in [0.1, 0.15) is 31.7 Å². The van der Waals surface area contributed by atoms with Crippen LogP contribution in [0.2, 0.25) is 0 Å². The number of hydrogen-bond donors (Lipinski definition) is 0. The molecule has 1 aromatic rings. The van der Waals surface area contributed by atoms with E-state index in [4.69, 9.17) is 0 Å². The Morgan fingerprint density at radius 1 is 1.27 bits per heavy atom. The van der Waals surface area contributed by atoms with Crippen LogP contribution in [0, 0.1) is 5.92 Å². The van der Waals surface area contributed by atoms with Crippen molar-refractivity contribution in [2.24, 2.45) is 5.92 Å². The molecular formula is C19H26N2O4S. The van der Waals surface area contributed by atoms with Crippen LogP contribution in [-0.2, 0) is 26.0 Å². The summed E-state index contributed by atoms with van der Waals surface area (Å²) in [6.07, 6.45) is 1.49. The lowest BCUT2D eigenvalue weighted by Gasteiger charge is -2.30. The fourth-order valence-electron chi connectivity index (χ4n) is 3.86. The van der Waals surface area contributed by atoms with Gasteiger partial charge in [-0.3, -0.25) is 9.59 Å². The minimum absolute atomic E-state index is 0.0114. The molecule has 1 aromatic carbocycles. The molecule has 0 spiro atoms. The number of carbonyl (C=O) groups excluding carboxylic acids is 2. The summed E-state index contributed by atoms with van der Waals surface area (Å²) in [5.41, 5.74) is 1.04. The topological polar surface area (TPSA) is 74.8 Å². The van der Waals surface area contributed by atoms with Crippen molar-refractivity contribution in [1.29, 1.82) is 0 Å². The summed E-state index contributed by atoms with van der Waals surface area (Å²) in [7, 11) is -3.05. The quantitative estimate of drug-likeness (QED) is 0.751. The van der Waals surface area contributed by atoms with Gasteiger partial charge in [-0.05, 0) is 18.4 Å². The Hall–Kier alpha value is -1.89. The summed E-state index contributed by atoms with van der Waals surface area (Å²) in [5, 5.41) is 0. The minimum atomic E-state index is -3.05. The summed E-state index contributed by atoms with van der Waals surface area (Å²) in [6, 6.07) is 9.49. The maximum Gasteiger partial charge on any atom is 0.228 e. The van der Waals surface area contributed by atoms with Crippen LogP contribution in [0.15, 0.2) is 30.3 Å². The highest BCUT2D eigenvalue weighted by molar-refractivity contribution is 7.91. The van der Waals surface area contributed by atoms with Crippen LogP contribution < -0.4 is 0 Å². The number of sulfone groups is 1. The van der Waals surface area contributed by atoms with Crippen molar-refractivity contribution in [3.8, 4) is 0 Å². The molecule has 2 aliphatic heterocycles. The van der Waals surface area contributed by atoms with E-state index >= 15 is 0 Å². The van der Waals surface area contributed by atoms with Crippen molar-refractivity contribution in [3.63, 3.8) is 0 Å². The third-order valence-electron chi connectivity index (χ3n) is 5.18. The van der Waals surface area contributed by atoms with E-state index in [1.807, 2.05) is 37.3 Å². The molecule has 142 valence electrons. The summed E-state index contributed by atoms with van der Waals surface area (Å²) in [5.74, 6) is -0.260. The maximum absolute atomic E-state index is 13.0. The van der Waals surface area contributed by atoms with E-state index in [1.54, 1.807) is 9.80 Å². The van der Waals surface area contributed by atoms with E-state index in [9.17, 15) is 18.0 Å². The van der Waals surface area contributed by atoms with Crippen LogP contribution in [0.3, 0.4) is 0 Å². The van der Waals surface area contributed by atoms with Gasteiger partial charge in [0.25, 0.3) is 0 Å². The zero-order valence-electron chi connectivity index (χ0n) is 15.1. The molecule has 0 bridgehead atoms. The SMILES string of the molecule is CCCN(C(=O)C1CC(=O)N(Cc2ccccc2)C1)C1CCS(=O)(=O)C1. The standard InChI is InChI=1S/C19H26N2O4S/c1-2-9-21(17-8-10-26(24,25)14-17)19(23)16-11-18(22)20(13-16)12-15-6-4-3-5-7-15/h3-7,16-17H,2,8-14H2,1H3. The first-order valence-corrected chi connectivity index (χ1v) is 11.0. The van der Waals surface area contributed by atoms with E-state index < -0.39 is 9.84 Å². The lowest BCUT2D eigenvalue weighted by Crippen LogP contribution is -2.45. The summed E-state index contributed by atoms with van der Waals surface area (Å²) in [4.78, 5) is 28.8. The highest BCUT2D eigenvalue weighted by Crippen LogP contribution is 2.26. The van der Waals surface area contributed by atoms with E-state index in [0.29, 0.717) is 26.1 Å². The predicted molar refractivity (Wildman–Crippen MR) is 99.0 cm³/mol. The Balaban J connectivity index is 1.67. The Morgan fingerprint density at radius 3 is 2.62 bits per heavy atom. The van der Waals surface area contributed by atoms with E-state index in [-0.39, 0.29) is 41.7 Å². The number of carbonyl (C=O) groups is 2. The minimum Gasteiger partial charge on any atom is -0.338 e. The molecule has 2 heterocycles. The van der Waals surface area contributed by atoms with Gasteiger partial charge in [0.15, 0.2) is 9.84 Å². The molecule has 2 fully saturated rings. The molecule has 7 heteroatoms. The fraction of sp³-hybridized carbons (Fsp3) is 0.579. The highest BCUT2D eigenvalue weighted by Gasteiger charge is 2.40. The third kappa shape index (κ3) is 4.26. The molecule has 2 amide bonds. The number of rotatable bonds is 6. The van der Waals surface area contributed by atoms with E-state index in [0.717, 1.165) is 12.0 Å². The lowest BCUT2D eigenvalue weighted by atomic mass is 10.0. The fourth-order valence-corrected chi connectivity index (χ4v) is 5.59. The van der Waals surface area contributed by atoms with Crippen molar-refractivity contribution < 1.29 is 18.0 Å². The van der Waals surface area contributed by atoms with Crippen molar-refractivity contribution in [2.75, 3.05) is 24.6 Å². The van der Waals surface area contributed by atoms with Crippen LogP contribution in [-0.4, -0.2) is 60.7 Å². The first-order chi connectivity index (χ1) is 12.4. The van der Waals surface area contributed by atoms with E-state index in [1.165, 1.54) is 0 Å². The Morgan fingerprint density at radius 2 is 2.00 bits per heavy atom. The second kappa shape index (κ2) is 7.78. The van der Waals surface area contributed by atoms with Gasteiger partial charge in [-0.1, -0.05) is 37.3 Å². The average molecular weight is 378 g/mol. The molecular weight excluding hydrogens is 352 g/mol. The summed E-state index contributed by atoms with van der Waals surface area (Å²) in [6.45, 7) is 3.44. The van der Waals surface area contributed by atoms with Crippen LogP contribution in [0.25, 0.3) is 0 Å². The first-order valence-electron chi connectivity index (χ1n) is 9.22. The Labute approximate surface area is 155 Å². The van der Waals surface area contributed by atoms with Crippen LogP contribution in [0.4, 0.5) is 0 Å². The second-order valence-electron chi connectivity index (χ2n) is 7.25. The van der Waals surface area contributed by atoms with Gasteiger partial charge in [-0.25, -0.2) is 8.42 Å². The molecule has 3 rings (SSSR count). The summed E-state index contributed by atoms with van der Waals surface area (Å²) >= 11 is 0. The number of nitrogens with zero attached hydrogens (tertiary/aromatic N) is 2. The average Bonchev–Trinajstić information content (AvgIpc) is 3.15. The van der Waals surface area contributed by atoms with Gasteiger partial charge in [0, 0.05) is 32.1 Å². The van der Waals surface area contributed by atoms with Gasteiger partial charge in [0.05, 0.1) is 17.4 Å². The van der Waals surface area contributed by atoms with Crippen LogP contribution in [0.5, 0.6) is 0 Å². The van der Waals surface area contributed by atoms with Crippen molar-refractivity contribution in [3.05, 3.63) is 35.9 Å². The Kier molecular flexibility index (Phi) is 5.65. The molecule has 0 saturated carbocycles. The zero-order valence-corrected chi connectivity index (χ0v) is 16.0. The highest BCUT2D eigenvalue weighted by atomic mass is 32.2. The van der Waals surface area contributed by atoms with Gasteiger partial charge in [0.1, 0.15) is 0 Å². The van der Waals surface area contributed by atoms with Gasteiger partial charge in [-0.2, -0.15) is 0 Å². The number of hydrogen-bond acceptors (Lipinski definition) is 4. The van der Waals surface area contributed by atoms with Gasteiger partial charge >= 0.3 is 0 Å². The van der Waals surface area contributed by atoms with Crippen molar-refractivity contribution in [2.45, 2.75) is 38.8 Å². The lowest BCUT2D eigenvalue weighted by molar-refractivity contribution is -0.137. The van der Waals surface area contributed by atoms with Gasteiger partial charge in [-0.15, -0.1) is 0 Å². The first kappa shape index (κ1) is 18.9. The molecule has 2 saturated heterocycles. The molecule has 6 nitrogen and oxygen atoms in total. The molecule has 2 aliphatic rings. The molecule has 0 aromatic heterocycles. The van der Waals surface area contributed by atoms with Gasteiger partial charge < -0.3 is 9.80 Å². The number of benzene rings is 1. The smallest absolute Gasteiger partial charge is 0.228 e. The largest absolute Gasteiger partial charge is 0.338 e. The van der Waals surface area contributed by atoms with Crippen molar-refractivity contribution in [1.82, 2.24) is 9.80 Å². The molecule has 2 atom stereocenters. The maximum atomic E-state index is 13.0. The van der Waals surface area contributed by atoms with Crippen LogP contribution >= 0.6 is 0 Å². The predicted octanol–water partition coefficient (Wildman–Crippen LogP) is 1.46. The molecule has 0 radical (unpaired) electrons. The molecule has 0 N–H and O–H groups in total. The monoisotopic (exact) mass is 378 g/mol. The third-order valence-corrected chi connectivity index (χ3v) is 6.93. The number of amides is 2. The second-order valence-corrected chi connectivity index (χ2v) is 9.48. The number of likely N-dealkylation sites (tertiary alicyclic amines) is 1.